The van der Waals surface area contributed by atoms with Crippen molar-refractivity contribution in [1.82, 2.24) is 30.0 Å². The molecule has 11 nitrogen and oxygen atoms in total. The summed E-state index contributed by atoms with van der Waals surface area (Å²) < 4.78 is 2.15. The van der Waals surface area contributed by atoms with E-state index in [0.717, 1.165) is 89.1 Å². The largest absolute Gasteiger partial charge is 0.385 e. The van der Waals surface area contributed by atoms with Crippen LogP contribution >= 0.6 is 22.9 Å². The van der Waals surface area contributed by atoms with E-state index in [1.54, 1.807) is 16.2 Å². The molecule has 2 aromatic carbocycles. The van der Waals surface area contributed by atoms with Gasteiger partial charge in [0.25, 0.3) is 5.91 Å². The van der Waals surface area contributed by atoms with E-state index in [-0.39, 0.29) is 18.2 Å². The van der Waals surface area contributed by atoms with Gasteiger partial charge in [0, 0.05) is 69.2 Å². The first-order valence-corrected chi connectivity index (χ1v) is 19.2. The van der Waals surface area contributed by atoms with E-state index in [1.165, 1.54) is 16.0 Å². The van der Waals surface area contributed by atoms with Crippen molar-refractivity contribution in [3.8, 4) is 5.00 Å². The summed E-state index contributed by atoms with van der Waals surface area (Å²) >= 11 is 8.00. The average molecular weight is 747 g/mol. The number of anilines is 1. The number of aliphatic imine (C=N–C) groups is 1. The number of aryl methyl sites for hydroxylation is 4. The van der Waals surface area contributed by atoms with Gasteiger partial charge in [0.05, 0.1) is 5.71 Å². The summed E-state index contributed by atoms with van der Waals surface area (Å²) in [5.41, 5.74) is 9.05. The average Bonchev–Trinajstić information content (AvgIpc) is 3.76. The summed E-state index contributed by atoms with van der Waals surface area (Å²) in [5, 5.41) is 16.5. The normalized spacial score (nSPS) is 16.5. The Balaban J connectivity index is 0.861. The minimum atomic E-state index is -0.618. The number of hydrogen-bond donors (Lipinski definition) is 2. The molecule has 53 heavy (non-hydrogen) atoms. The van der Waals surface area contributed by atoms with Crippen molar-refractivity contribution in [2.24, 2.45) is 4.99 Å². The molecule has 6 heterocycles. The molecular weight excluding hydrogens is 708 g/mol. The lowest BCUT2D eigenvalue weighted by Gasteiger charge is -2.29. The van der Waals surface area contributed by atoms with Gasteiger partial charge in [-0.3, -0.25) is 34.2 Å². The summed E-state index contributed by atoms with van der Waals surface area (Å²) in [6, 6.07) is 17.2. The summed E-state index contributed by atoms with van der Waals surface area (Å²) in [6.07, 6.45) is 7.16. The quantitative estimate of drug-likeness (QED) is 0.119. The number of carbonyl (C=O) groups is 3. The number of pyridine rings is 1. The van der Waals surface area contributed by atoms with Crippen molar-refractivity contribution in [3.63, 3.8) is 0 Å². The first kappa shape index (κ1) is 34.9. The van der Waals surface area contributed by atoms with Crippen LogP contribution in [0.3, 0.4) is 0 Å². The van der Waals surface area contributed by atoms with E-state index < -0.39 is 11.9 Å². The maximum Gasteiger partial charge on any atom is 0.255 e. The highest BCUT2D eigenvalue weighted by atomic mass is 35.5. The molecule has 3 amide bonds. The SMILES string of the molecule is Cc1c(CCc2ccc(CCCCNc3cccc4c3CN(C3CCC(=O)NC3=O)C4=O)cn2)sc2c1C(c1ccc(Cl)cc1)=NCc1nnc(C)n1-2. The van der Waals surface area contributed by atoms with Crippen LogP contribution in [0.15, 0.2) is 65.8 Å². The number of piperidine rings is 1. The van der Waals surface area contributed by atoms with Gasteiger partial charge >= 0.3 is 0 Å². The van der Waals surface area contributed by atoms with E-state index in [4.69, 9.17) is 21.6 Å². The lowest BCUT2D eigenvalue weighted by atomic mass is 9.98. The van der Waals surface area contributed by atoms with Crippen molar-refractivity contribution in [3.05, 3.63) is 121 Å². The highest BCUT2D eigenvalue weighted by Gasteiger charge is 2.39. The molecule has 13 heteroatoms. The molecule has 1 unspecified atom stereocenters. The number of aromatic nitrogens is 4. The second-order valence-corrected chi connectivity index (χ2v) is 15.3. The summed E-state index contributed by atoms with van der Waals surface area (Å²) in [4.78, 5) is 49.9. The van der Waals surface area contributed by atoms with Crippen molar-refractivity contribution in [1.29, 1.82) is 0 Å². The van der Waals surface area contributed by atoms with Crippen LogP contribution in [-0.4, -0.2) is 60.7 Å². The second kappa shape index (κ2) is 14.7. The van der Waals surface area contributed by atoms with Crippen LogP contribution in [-0.2, 0) is 41.9 Å². The maximum absolute atomic E-state index is 13.1. The predicted octanol–water partition coefficient (Wildman–Crippen LogP) is 6.33. The van der Waals surface area contributed by atoms with Gasteiger partial charge in [-0.15, -0.1) is 21.5 Å². The Kier molecular flexibility index (Phi) is 9.65. The number of nitrogens with one attached hydrogen (secondary N) is 2. The standard InChI is InChI=1S/C40H39ClN8O3S/c1-23-33(53-40-36(23)37(26-10-12-27(41)13-11-26)44-21-34-47-46-24(2)49(34)40)17-15-28-14-9-25(20-43-28)6-3-4-19-42-31-8-5-7-29-30(31)22-48(39(29)52)32-16-18-35(50)45-38(32)51/h5,7-14,20,32,42H,3-4,6,15-19,21-22H2,1-2H3,(H,45,50,51). The van der Waals surface area contributed by atoms with Gasteiger partial charge in [-0.2, -0.15) is 0 Å². The number of fused-ring (bicyclic) bond motifs is 4. The molecule has 270 valence electrons. The minimum absolute atomic E-state index is 0.160. The minimum Gasteiger partial charge on any atom is -0.385 e. The molecule has 0 radical (unpaired) electrons. The monoisotopic (exact) mass is 746 g/mol. The van der Waals surface area contributed by atoms with Gasteiger partial charge in [-0.1, -0.05) is 35.9 Å². The van der Waals surface area contributed by atoms with Gasteiger partial charge in [-0.05, 0) is 93.8 Å². The molecule has 1 saturated heterocycles. The Morgan fingerprint density at radius 2 is 1.83 bits per heavy atom. The van der Waals surface area contributed by atoms with Gasteiger partial charge in [0.2, 0.25) is 11.8 Å². The lowest BCUT2D eigenvalue weighted by Crippen LogP contribution is -2.52. The highest BCUT2D eigenvalue weighted by Crippen LogP contribution is 2.38. The van der Waals surface area contributed by atoms with Crippen LogP contribution in [0.5, 0.6) is 0 Å². The van der Waals surface area contributed by atoms with Crippen LogP contribution < -0.4 is 10.6 Å². The third-order valence-corrected chi connectivity index (χ3v) is 11.9. The number of nitrogens with zero attached hydrogens (tertiary/aromatic N) is 6. The van der Waals surface area contributed by atoms with E-state index >= 15 is 0 Å². The number of benzene rings is 2. The Hall–Kier alpha value is -5.20. The van der Waals surface area contributed by atoms with E-state index in [0.29, 0.717) is 30.1 Å². The highest BCUT2D eigenvalue weighted by molar-refractivity contribution is 7.15. The number of amides is 3. The Labute approximate surface area is 316 Å². The molecule has 3 aromatic heterocycles. The molecule has 0 bridgehead atoms. The van der Waals surface area contributed by atoms with Crippen molar-refractivity contribution >= 4 is 52.1 Å². The van der Waals surface area contributed by atoms with Gasteiger partial charge in [-0.25, -0.2) is 0 Å². The van der Waals surface area contributed by atoms with Gasteiger partial charge in [0.15, 0.2) is 5.82 Å². The zero-order chi connectivity index (χ0) is 36.6. The zero-order valence-corrected chi connectivity index (χ0v) is 31.2. The number of carbonyl (C=O) groups excluding carboxylic acids is 3. The van der Waals surface area contributed by atoms with Gasteiger partial charge in [0.1, 0.15) is 23.4 Å². The second-order valence-electron chi connectivity index (χ2n) is 13.8. The number of imide groups is 1. The van der Waals surface area contributed by atoms with Crippen LogP contribution in [0.4, 0.5) is 5.69 Å². The summed E-state index contributed by atoms with van der Waals surface area (Å²) in [7, 11) is 0. The number of rotatable bonds is 11. The van der Waals surface area contributed by atoms with Crippen LogP contribution in [0.2, 0.25) is 5.02 Å². The molecular formula is C40H39ClN8O3S. The molecule has 1 fully saturated rings. The molecule has 0 saturated carbocycles. The van der Waals surface area contributed by atoms with Crippen molar-refractivity contribution in [2.45, 2.75) is 77.9 Å². The first-order valence-electron chi connectivity index (χ1n) is 18.0. The fourth-order valence-corrected chi connectivity index (χ4v) is 8.98. The Bertz CT molecular complexity index is 2260. The van der Waals surface area contributed by atoms with E-state index in [2.05, 4.69) is 44.5 Å². The summed E-state index contributed by atoms with van der Waals surface area (Å²) in [5.74, 6) is 0.854. The molecule has 0 spiro atoms. The molecule has 5 aromatic rings. The third-order valence-electron chi connectivity index (χ3n) is 10.3. The number of hydrogen-bond acceptors (Lipinski definition) is 9. The maximum atomic E-state index is 13.1. The van der Waals surface area contributed by atoms with Crippen LogP contribution in [0.25, 0.3) is 5.00 Å². The van der Waals surface area contributed by atoms with E-state index in [1.807, 2.05) is 55.6 Å². The van der Waals surface area contributed by atoms with Gasteiger partial charge < -0.3 is 10.2 Å². The van der Waals surface area contributed by atoms with Crippen molar-refractivity contribution in [2.75, 3.05) is 11.9 Å². The lowest BCUT2D eigenvalue weighted by molar-refractivity contribution is -0.136. The number of halogens is 1. The zero-order valence-electron chi connectivity index (χ0n) is 29.6. The fourth-order valence-electron chi connectivity index (χ4n) is 7.48. The molecule has 3 aliphatic rings. The predicted molar refractivity (Wildman–Crippen MR) is 205 cm³/mol. The molecule has 3 aliphatic heterocycles. The smallest absolute Gasteiger partial charge is 0.255 e. The first-order chi connectivity index (χ1) is 25.7. The Morgan fingerprint density at radius 3 is 2.62 bits per heavy atom. The van der Waals surface area contributed by atoms with Crippen LogP contribution in [0, 0.1) is 13.8 Å². The Morgan fingerprint density at radius 1 is 0.981 bits per heavy atom. The molecule has 8 rings (SSSR count). The topological polar surface area (TPSA) is 134 Å². The van der Waals surface area contributed by atoms with Crippen molar-refractivity contribution < 1.29 is 14.4 Å². The molecule has 2 N–H and O–H groups in total. The number of thiophene rings is 1. The van der Waals surface area contributed by atoms with E-state index in [9.17, 15) is 14.4 Å². The molecule has 0 aliphatic carbocycles. The third kappa shape index (κ3) is 6.89. The fraction of sp³-hybridized carbons (Fsp3) is 0.325. The number of unbranched alkanes of at least 4 members (excludes halogenated alkanes) is 1. The molecule has 1 atom stereocenters. The van der Waals surface area contributed by atoms with Crippen LogP contribution in [0.1, 0.15) is 86.1 Å². The summed E-state index contributed by atoms with van der Waals surface area (Å²) in [6.45, 7) is 5.76.